The second-order valence-electron chi connectivity index (χ2n) is 4.99. The second-order valence-corrected chi connectivity index (χ2v) is 4.99. The molecule has 0 aliphatic rings. The van der Waals surface area contributed by atoms with Crippen molar-refractivity contribution < 1.29 is 4.39 Å². The molecular formula is C13H14FNO. The third kappa shape index (κ3) is 1.85. The van der Waals surface area contributed by atoms with E-state index in [1.54, 1.807) is 6.07 Å². The van der Waals surface area contributed by atoms with Gasteiger partial charge < -0.3 is 4.98 Å². The van der Waals surface area contributed by atoms with Crippen molar-refractivity contribution in [3.05, 3.63) is 46.1 Å². The lowest BCUT2D eigenvalue weighted by Crippen LogP contribution is -2.19. The first-order valence-corrected chi connectivity index (χ1v) is 5.21. The Morgan fingerprint density at radius 1 is 1.19 bits per heavy atom. The number of aromatic nitrogens is 1. The van der Waals surface area contributed by atoms with Crippen LogP contribution in [0.1, 0.15) is 26.5 Å². The second kappa shape index (κ2) is 3.44. The summed E-state index contributed by atoms with van der Waals surface area (Å²) in [6, 6.07) is 5.94. The molecule has 0 amide bonds. The van der Waals surface area contributed by atoms with Crippen LogP contribution in [-0.4, -0.2) is 4.98 Å². The topological polar surface area (TPSA) is 32.9 Å². The zero-order valence-electron chi connectivity index (χ0n) is 9.60. The van der Waals surface area contributed by atoms with E-state index in [0.29, 0.717) is 5.39 Å². The lowest BCUT2D eigenvalue weighted by atomic mass is 9.88. The van der Waals surface area contributed by atoms with E-state index in [-0.39, 0.29) is 16.8 Å². The predicted octanol–water partition coefficient (Wildman–Crippen LogP) is 2.96. The molecule has 2 rings (SSSR count). The van der Waals surface area contributed by atoms with Crippen LogP contribution in [0, 0.1) is 5.82 Å². The van der Waals surface area contributed by atoms with E-state index in [4.69, 9.17) is 0 Å². The summed E-state index contributed by atoms with van der Waals surface area (Å²) in [5, 5.41) is 1.54. The fourth-order valence-corrected chi connectivity index (χ4v) is 1.84. The molecule has 16 heavy (non-hydrogen) atoms. The minimum absolute atomic E-state index is 0.170. The van der Waals surface area contributed by atoms with Crippen molar-refractivity contribution in [3.8, 4) is 0 Å². The van der Waals surface area contributed by atoms with Crippen molar-refractivity contribution in [2.45, 2.75) is 26.2 Å². The molecule has 2 nitrogen and oxygen atoms in total. The molecule has 0 radical (unpaired) electrons. The molecule has 0 fully saturated rings. The molecule has 0 atom stereocenters. The van der Waals surface area contributed by atoms with Crippen LogP contribution in [0.2, 0.25) is 0 Å². The number of nitrogens with one attached hydrogen (secondary N) is 1. The van der Waals surface area contributed by atoms with Crippen LogP contribution >= 0.6 is 0 Å². The van der Waals surface area contributed by atoms with E-state index in [1.165, 1.54) is 18.2 Å². The van der Waals surface area contributed by atoms with Crippen LogP contribution in [0.25, 0.3) is 10.8 Å². The standard InChI is InChI=1S/C13H14FNO/c1-13(2,3)12-10-5-4-9(14)6-8(10)7-11(16)15-12/h4-7H,1-3H3,(H,15,16). The maximum atomic E-state index is 13.1. The average Bonchev–Trinajstić information content (AvgIpc) is 2.14. The van der Waals surface area contributed by atoms with E-state index < -0.39 is 0 Å². The molecule has 0 aliphatic heterocycles. The first-order chi connectivity index (χ1) is 7.38. The van der Waals surface area contributed by atoms with Gasteiger partial charge >= 0.3 is 0 Å². The zero-order chi connectivity index (χ0) is 11.9. The van der Waals surface area contributed by atoms with Gasteiger partial charge in [-0.25, -0.2) is 4.39 Å². The minimum Gasteiger partial charge on any atom is -0.325 e. The maximum Gasteiger partial charge on any atom is 0.248 e. The van der Waals surface area contributed by atoms with E-state index in [1.807, 2.05) is 20.8 Å². The first kappa shape index (κ1) is 10.9. The Morgan fingerprint density at radius 2 is 1.88 bits per heavy atom. The summed E-state index contributed by atoms with van der Waals surface area (Å²) < 4.78 is 13.1. The highest BCUT2D eigenvalue weighted by molar-refractivity contribution is 5.85. The molecule has 1 heterocycles. The van der Waals surface area contributed by atoms with Crippen molar-refractivity contribution in [3.63, 3.8) is 0 Å². The number of halogens is 1. The van der Waals surface area contributed by atoms with E-state index in [0.717, 1.165) is 11.1 Å². The summed E-state index contributed by atoms with van der Waals surface area (Å²) >= 11 is 0. The quantitative estimate of drug-likeness (QED) is 0.726. The van der Waals surface area contributed by atoms with Gasteiger partial charge in [0.2, 0.25) is 5.56 Å². The molecule has 3 heteroatoms. The van der Waals surface area contributed by atoms with Crippen LogP contribution in [0.5, 0.6) is 0 Å². The van der Waals surface area contributed by atoms with Gasteiger partial charge in [-0.3, -0.25) is 4.79 Å². The summed E-state index contributed by atoms with van der Waals surface area (Å²) in [7, 11) is 0. The number of fused-ring (bicyclic) bond motifs is 1. The van der Waals surface area contributed by atoms with Crippen molar-refractivity contribution in [1.82, 2.24) is 4.98 Å². The Morgan fingerprint density at radius 3 is 2.50 bits per heavy atom. The van der Waals surface area contributed by atoms with E-state index >= 15 is 0 Å². The zero-order valence-corrected chi connectivity index (χ0v) is 9.60. The molecule has 0 aliphatic carbocycles. The van der Waals surface area contributed by atoms with Crippen LogP contribution < -0.4 is 5.56 Å². The summed E-state index contributed by atoms with van der Waals surface area (Å²) in [4.78, 5) is 14.3. The lowest BCUT2D eigenvalue weighted by molar-refractivity contribution is 0.573. The highest BCUT2D eigenvalue weighted by atomic mass is 19.1. The number of hydrogen-bond acceptors (Lipinski definition) is 1. The number of hydrogen-bond donors (Lipinski definition) is 1. The fourth-order valence-electron chi connectivity index (χ4n) is 1.84. The fraction of sp³-hybridized carbons (Fsp3) is 0.308. The molecule has 0 bridgehead atoms. The highest BCUT2D eigenvalue weighted by Gasteiger charge is 2.18. The summed E-state index contributed by atoms with van der Waals surface area (Å²) in [6.07, 6.45) is 0. The Bertz CT molecular complexity index is 593. The number of rotatable bonds is 0. The maximum absolute atomic E-state index is 13.1. The van der Waals surface area contributed by atoms with Gasteiger partial charge in [0.15, 0.2) is 0 Å². The molecule has 1 N–H and O–H groups in total. The predicted molar refractivity (Wildman–Crippen MR) is 63.2 cm³/mol. The van der Waals surface area contributed by atoms with Gasteiger partial charge in [0.1, 0.15) is 5.82 Å². The van der Waals surface area contributed by atoms with E-state index in [9.17, 15) is 9.18 Å². The minimum atomic E-state index is -0.321. The molecule has 0 spiro atoms. The molecule has 0 saturated carbocycles. The Labute approximate surface area is 93.1 Å². The van der Waals surface area contributed by atoms with Gasteiger partial charge in [-0.2, -0.15) is 0 Å². The summed E-state index contributed by atoms with van der Waals surface area (Å²) in [6.45, 7) is 6.04. The largest absolute Gasteiger partial charge is 0.325 e. The smallest absolute Gasteiger partial charge is 0.248 e. The van der Waals surface area contributed by atoms with Crippen molar-refractivity contribution >= 4 is 10.8 Å². The number of aromatic amines is 1. The van der Waals surface area contributed by atoms with Crippen LogP contribution in [-0.2, 0) is 5.41 Å². The number of benzene rings is 1. The molecule has 0 unspecified atom stereocenters. The van der Waals surface area contributed by atoms with Crippen molar-refractivity contribution in [2.24, 2.45) is 0 Å². The third-order valence-corrected chi connectivity index (χ3v) is 2.57. The summed E-state index contributed by atoms with van der Waals surface area (Å²) in [5.41, 5.74) is 0.481. The normalized spacial score (nSPS) is 12.0. The van der Waals surface area contributed by atoms with Gasteiger partial charge in [0.25, 0.3) is 0 Å². The third-order valence-electron chi connectivity index (χ3n) is 2.57. The molecule has 1 aromatic carbocycles. The molecule has 2 aromatic rings. The Kier molecular flexibility index (Phi) is 2.34. The molecule has 1 aromatic heterocycles. The number of H-pyrrole nitrogens is 1. The van der Waals surface area contributed by atoms with Crippen molar-refractivity contribution in [1.29, 1.82) is 0 Å². The molecule has 0 saturated heterocycles. The lowest BCUT2D eigenvalue weighted by Gasteiger charge is -2.20. The van der Waals surface area contributed by atoms with E-state index in [2.05, 4.69) is 4.98 Å². The van der Waals surface area contributed by atoms with Crippen molar-refractivity contribution in [2.75, 3.05) is 0 Å². The average molecular weight is 219 g/mol. The number of pyridine rings is 1. The Balaban J connectivity index is 2.89. The van der Waals surface area contributed by atoms with Crippen LogP contribution in [0.4, 0.5) is 4.39 Å². The Hall–Kier alpha value is -1.64. The van der Waals surface area contributed by atoms with Gasteiger partial charge in [0.05, 0.1) is 0 Å². The summed E-state index contributed by atoms with van der Waals surface area (Å²) in [5.74, 6) is -0.321. The van der Waals surface area contributed by atoms with Gasteiger partial charge in [0, 0.05) is 22.6 Å². The SMILES string of the molecule is CC(C)(C)c1[nH]c(=O)cc2cc(F)ccc12. The highest BCUT2D eigenvalue weighted by Crippen LogP contribution is 2.27. The van der Waals surface area contributed by atoms with Crippen LogP contribution in [0.3, 0.4) is 0 Å². The monoisotopic (exact) mass is 219 g/mol. The van der Waals surface area contributed by atoms with Gasteiger partial charge in [-0.15, -0.1) is 0 Å². The van der Waals surface area contributed by atoms with Crippen LogP contribution in [0.15, 0.2) is 29.1 Å². The van der Waals surface area contributed by atoms with Gasteiger partial charge in [-0.05, 0) is 23.6 Å². The van der Waals surface area contributed by atoms with Gasteiger partial charge in [-0.1, -0.05) is 20.8 Å². The molecular weight excluding hydrogens is 205 g/mol. The molecule has 84 valence electrons. The first-order valence-electron chi connectivity index (χ1n) is 5.21.